The largest absolute Gasteiger partial charge is 0.497 e. The van der Waals surface area contributed by atoms with Gasteiger partial charge in [-0.15, -0.1) is 0 Å². The highest BCUT2D eigenvalue weighted by Crippen LogP contribution is 2.34. The van der Waals surface area contributed by atoms with Crippen LogP contribution in [-0.2, 0) is 17.8 Å². The van der Waals surface area contributed by atoms with Gasteiger partial charge in [0, 0.05) is 18.4 Å². The molecule has 36 heavy (non-hydrogen) atoms. The van der Waals surface area contributed by atoms with Gasteiger partial charge in [-0.25, -0.2) is 9.18 Å². The van der Waals surface area contributed by atoms with Crippen molar-refractivity contribution in [3.63, 3.8) is 0 Å². The smallest absolute Gasteiger partial charge is 0.415 e. The Morgan fingerprint density at radius 3 is 2.44 bits per heavy atom. The summed E-state index contributed by atoms with van der Waals surface area (Å²) in [5, 5.41) is 0. The van der Waals surface area contributed by atoms with E-state index in [1.165, 1.54) is 12.1 Å². The monoisotopic (exact) mass is 489 g/mol. The Labute approximate surface area is 211 Å². The fourth-order valence-electron chi connectivity index (χ4n) is 4.23. The zero-order chi connectivity index (χ0) is 26.0. The summed E-state index contributed by atoms with van der Waals surface area (Å²) in [5.74, 6) is 0.454. The van der Waals surface area contributed by atoms with E-state index in [9.17, 15) is 9.18 Å². The van der Waals surface area contributed by atoms with Crippen LogP contribution in [0.3, 0.4) is 0 Å². The van der Waals surface area contributed by atoms with Gasteiger partial charge in [-0.2, -0.15) is 0 Å². The van der Waals surface area contributed by atoms with Gasteiger partial charge in [-0.05, 0) is 81.6 Å². The average molecular weight is 490 g/mol. The minimum Gasteiger partial charge on any atom is -0.497 e. The van der Waals surface area contributed by atoms with Crippen molar-refractivity contribution in [1.82, 2.24) is 9.55 Å². The standard InChI is InChI=1S/C29H32FN3O3/c1-19-20(2)32(18-22-8-7-9-24(16-22)35-6)27-25(14-15-31-26(19)27)33(28(34)36-29(3,4)5)17-21-10-12-23(30)13-11-21/h7-16H,17-18H2,1-6H3. The number of halogens is 1. The highest BCUT2D eigenvalue weighted by molar-refractivity contribution is 6.00. The SMILES string of the molecule is COc1cccc(Cn2c(C)c(C)c3nccc(N(Cc4ccc(F)cc4)C(=O)OC(C)(C)C)c32)c1. The van der Waals surface area contributed by atoms with Crippen molar-refractivity contribution in [3.8, 4) is 5.75 Å². The minimum atomic E-state index is -0.682. The summed E-state index contributed by atoms with van der Waals surface area (Å²) in [7, 11) is 1.65. The molecule has 188 valence electrons. The van der Waals surface area contributed by atoms with Crippen LogP contribution in [0.4, 0.5) is 14.9 Å². The number of aryl methyl sites for hydroxylation is 1. The van der Waals surface area contributed by atoms with Crippen molar-refractivity contribution in [2.75, 3.05) is 12.0 Å². The maximum atomic E-state index is 13.6. The molecule has 0 atom stereocenters. The molecule has 0 fully saturated rings. The molecule has 0 aliphatic rings. The number of ether oxygens (including phenoxy) is 2. The van der Waals surface area contributed by atoms with Crippen LogP contribution < -0.4 is 9.64 Å². The molecular weight excluding hydrogens is 457 g/mol. The molecule has 2 heterocycles. The normalized spacial score (nSPS) is 11.5. The van der Waals surface area contributed by atoms with Crippen LogP contribution in [0.2, 0.25) is 0 Å². The minimum absolute atomic E-state index is 0.219. The highest BCUT2D eigenvalue weighted by atomic mass is 19.1. The Bertz CT molecular complexity index is 1390. The summed E-state index contributed by atoms with van der Waals surface area (Å²) in [5.41, 5.74) is 5.59. The first kappa shape index (κ1) is 25.2. The maximum absolute atomic E-state index is 13.6. The first-order valence-electron chi connectivity index (χ1n) is 11.9. The average Bonchev–Trinajstić information content (AvgIpc) is 3.07. The number of aromatic nitrogens is 2. The number of fused-ring (bicyclic) bond motifs is 1. The van der Waals surface area contributed by atoms with Gasteiger partial charge in [0.15, 0.2) is 0 Å². The molecule has 4 aromatic rings. The van der Waals surface area contributed by atoms with Crippen molar-refractivity contribution >= 4 is 22.8 Å². The number of hydrogen-bond donors (Lipinski definition) is 0. The van der Waals surface area contributed by atoms with E-state index in [1.807, 2.05) is 58.0 Å². The number of anilines is 1. The third-order valence-electron chi connectivity index (χ3n) is 6.11. The quantitative estimate of drug-likeness (QED) is 0.299. The molecule has 0 aliphatic carbocycles. The second kappa shape index (κ2) is 10.0. The summed E-state index contributed by atoms with van der Waals surface area (Å²) in [6.45, 7) is 10.4. The van der Waals surface area contributed by atoms with E-state index in [1.54, 1.807) is 30.3 Å². The summed E-state index contributed by atoms with van der Waals surface area (Å²) in [4.78, 5) is 19.8. The Balaban J connectivity index is 1.87. The molecule has 0 saturated heterocycles. The van der Waals surface area contributed by atoms with Crippen molar-refractivity contribution in [2.24, 2.45) is 0 Å². The van der Waals surface area contributed by atoms with Crippen molar-refractivity contribution < 1.29 is 18.7 Å². The van der Waals surface area contributed by atoms with Gasteiger partial charge in [0.25, 0.3) is 0 Å². The molecule has 7 heteroatoms. The number of methoxy groups -OCH3 is 1. The third kappa shape index (κ3) is 5.35. The van der Waals surface area contributed by atoms with E-state index in [0.717, 1.165) is 39.2 Å². The van der Waals surface area contributed by atoms with Crippen molar-refractivity contribution in [2.45, 2.75) is 53.3 Å². The lowest BCUT2D eigenvalue weighted by Crippen LogP contribution is -2.36. The van der Waals surface area contributed by atoms with E-state index < -0.39 is 11.7 Å². The van der Waals surface area contributed by atoms with E-state index in [0.29, 0.717) is 12.2 Å². The van der Waals surface area contributed by atoms with E-state index >= 15 is 0 Å². The first-order valence-corrected chi connectivity index (χ1v) is 11.9. The first-order chi connectivity index (χ1) is 17.1. The number of nitrogens with zero attached hydrogens (tertiary/aromatic N) is 3. The lowest BCUT2D eigenvalue weighted by Gasteiger charge is -2.28. The number of carbonyl (C=O) groups is 1. The molecule has 0 radical (unpaired) electrons. The van der Waals surface area contributed by atoms with Crippen LogP contribution in [-0.4, -0.2) is 28.4 Å². The summed E-state index contributed by atoms with van der Waals surface area (Å²) >= 11 is 0. The fourth-order valence-corrected chi connectivity index (χ4v) is 4.23. The van der Waals surface area contributed by atoms with Gasteiger partial charge < -0.3 is 14.0 Å². The topological polar surface area (TPSA) is 56.6 Å². The Hall–Kier alpha value is -3.87. The second-order valence-corrected chi connectivity index (χ2v) is 9.87. The Morgan fingerprint density at radius 1 is 1.06 bits per heavy atom. The number of carbonyl (C=O) groups excluding carboxylic acids is 1. The third-order valence-corrected chi connectivity index (χ3v) is 6.11. The summed E-state index contributed by atoms with van der Waals surface area (Å²) in [6, 6.07) is 15.9. The predicted octanol–water partition coefficient (Wildman–Crippen LogP) is 6.79. The zero-order valence-electron chi connectivity index (χ0n) is 21.6. The molecular formula is C29H32FN3O3. The lowest BCUT2D eigenvalue weighted by atomic mass is 10.1. The van der Waals surface area contributed by atoms with Crippen LogP contribution in [0.5, 0.6) is 5.75 Å². The molecule has 0 saturated carbocycles. The van der Waals surface area contributed by atoms with Gasteiger partial charge in [0.2, 0.25) is 0 Å². The van der Waals surface area contributed by atoms with E-state index in [2.05, 4.69) is 16.5 Å². The summed E-state index contributed by atoms with van der Waals surface area (Å²) < 4.78 is 26.9. The molecule has 0 aliphatic heterocycles. The van der Waals surface area contributed by atoms with Crippen molar-refractivity contribution in [3.05, 3.63) is 89.0 Å². The number of rotatable bonds is 6. The molecule has 2 aromatic carbocycles. The Morgan fingerprint density at radius 2 is 1.78 bits per heavy atom. The number of pyridine rings is 1. The molecule has 2 aromatic heterocycles. The number of amides is 1. The van der Waals surface area contributed by atoms with Crippen LogP contribution in [0, 0.1) is 19.7 Å². The fraction of sp³-hybridized carbons (Fsp3) is 0.310. The van der Waals surface area contributed by atoms with Gasteiger partial charge in [-0.3, -0.25) is 9.88 Å². The second-order valence-electron chi connectivity index (χ2n) is 9.87. The van der Waals surface area contributed by atoms with Gasteiger partial charge in [0.1, 0.15) is 17.2 Å². The van der Waals surface area contributed by atoms with Crippen LogP contribution >= 0.6 is 0 Å². The van der Waals surface area contributed by atoms with Gasteiger partial charge in [0.05, 0.1) is 30.4 Å². The molecule has 0 N–H and O–H groups in total. The van der Waals surface area contributed by atoms with E-state index in [-0.39, 0.29) is 12.4 Å². The molecule has 0 unspecified atom stereocenters. The number of hydrogen-bond acceptors (Lipinski definition) is 4. The van der Waals surface area contributed by atoms with Crippen LogP contribution in [0.25, 0.3) is 11.0 Å². The predicted molar refractivity (Wildman–Crippen MR) is 140 cm³/mol. The van der Waals surface area contributed by atoms with Gasteiger partial charge in [-0.1, -0.05) is 24.3 Å². The molecule has 0 bridgehead atoms. The number of benzene rings is 2. The molecule has 1 amide bonds. The van der Waals surface area contributed by atoms with Gasteiger partial charge >= 0.3 is 6.09 Å². The van der Waals surface area contributed by atoms with E-state index in [4.69, 9.17) is 9.47 Å². The highest BCUT2D eigenvalue weighted by Gasteiger charge is 2.27. The molecule has 6 nitrogen and oxygen atoms in total. The maximum Gasteiger partial charge on any atom is 0.415 e. The lowest BCUT2D eigenvalue weighted by molar-refractivity contribution is 0.0578. The van der Waals surface area contributed by atoms with Crippen LogP contribution in [0.1, 0.15) is 43.2 Å². The van der Waals surface area contributed by atoms with Crippen LogP contribution in [0.15, 0.2) is 60.8 Å². The summed E-state index contributed by atoms with van der Waals surface area (Å²) in [6.07, 6.45) is 1.23. The Kier molecular flexibility index (Phi) is 7.02. The van der Waals surface area contributed by atoms with Crippen molar-refractivity contribution in [1.29, 1.82) is 0 Å². The molecule has 4 rings (SSSR count). The molecule has 0 spiro atoms. The zero-order valence-corrected chi connectivity index (χ0v) is 21.6.